The summed E-state index contributed by atoms with van der Waals surface area (Å²) in [6.45, 7) is 0. The second-order valence-corrected chi connectivity index (χ2v) is 17.2. The maximum Gasteiger partial charge on any atom is 0.143 e. The van der Waals surface area contributed by atoms with Crippen LogP contribution in [0.4, 0.5) is 0 Å². The highest BCUT2D eigenvalue weighted by molar-refractivity contribution is 6.18. The van der Waals surface area contributed by atoms with Crippen LogP contribution in [0, 0.1) is 0 Å². The molecule has 5 nitrogen and oxygen atoms in total. The largest absolute Gasteiger partial charge is 0.456 e. The van der Waals surface area contributed by atoms with Gasteiger partial charge in [-0.2, -0.15) is 0 Å². The molecule has 15 aromatic rings. The maximum absolute atomic E-state index is 6.83. The lowest BCUT2D eigenvalue weighted by atomic mass is 9.97. The van der Waals surface area contributed by atoms with Gasteiger partial charge in [0.25, 0.3) is 0 Å². The molecule has 0 aliphatic rings. The van der Waals surface area contributed by atoms with Crippen LogP contribution < -0.4 is 0 Å². The Labute approximate surface area is 370 Å². The standard InChI is InChI=1S/C60H35N3O2/c1-6-21-50-39(13-1)40-14-2-7-22-51(40)61(50)36-27-30-54-47(33-36)48-34-37(62-52-23-8-3-15-41(52)42-16-4-9-24-53(42)62)28-31-55(48)63(54)38-29-32-57-49(35-38)45-20-11-19-44(60(45)65-57)43-18-12-26-58-59(43)46-17-5-10-25-56(46)64-58/h1-35H. The van der Waals surface area contributed by atoms with Gasteiger partial charge in [-0.05, 0) is 96.6 Å². The lowest BCUT2D eigenvalue weighted by molar-refractivity contribution is 0.668. The number of aromatic nitrogens is 3. The van der Waals surface area contributed by atoms with E-state index in [1.54, 1.807) is 0 Å². The van der Waals surface area contributed by atoms with Crippen LogP contribution in [0.1, 0.15) is 0 Å². The number of hydrogen-bond donors (Lipinski definition) is 0. The summed E-state index contributed by atoms with van der Waals surface area (Å²) in [4.78, 5) is 0. The van der Waals surface area contributed by atoms with Crippen molar-refractivity contribution in [3.8, 4) is 28.2 Å². The fourth-order valence-electron chi connectivity index (χ4n) is 11.1. The Morgan fingerprint density at radius 3 is 1.22 bits per heavy atom. The molecule has 15 rings (SSSR count). The van der Waals surface area contributed by atoms with Crippen molar-refractivity contribution in [2.24, 2.45) is 0 Å². The number of rotatable bonds is 4. The van der Waals surface area contributed by atoms with Crippen molar-refractivity contribution in [1.29, 1.82) is 0 Å². The highest BCUT2D eigenvalue weighted by Crippen LogP contribution is 2.44. The molecule has 0 atom stereocenters. The Kier molecular flexibility index (Phi) is 6.89. The number of nitrogens with zero attached hydrogens (tertiary/aromatic N) is 3. The molecular formula is C60H35N3O2. The van der Waals surface area contributed by atoms with Crippen molar-refractivity contribution in [2.45, 2.75) is 0 Å². The van der Waals surface area contributed by atoms with E-state index >= 15 is 0 Å². The van der Waals surface area contributed by atoms with Gasteiger partial charge in [0, 0.05) is 76.5 Å². The summed E-state index contributed by atoms with van der Waals surface area (Å²) in [5.74, 6) is 0. The second kappa shape index (κ2) is 12.9. The van der Waals surface area contributed by atoms with E-state index in [9.17, 15) is 0 Å². The molecule has 0 N–H and O–H groups in total. The van der Waals surface area contributed by atoms with E-state index in [0.29, 0.717) is 0 Å². The molecule has 302 valence electrons. The summed E-state index contributed by atoms with van der Waals surface area (Å²) in [7, 11) is 0. The molecule has 65 heavy (non-hydrogen) atoms. The molecule has 0 amide bonds. The summed E-state index contributed by atoms with van der Waals surface area (Å²) in [6, 6.07) is 76.6. The molecule has 10 aromatic carbocycles. The first-order valence-electron chi connectivity index (χ1n) is 22.2. The zero-order valence-electron chi connectivity index (χ0n) is 34.9. The molecule has 0 spiro atoms. The predicted octanol–water partition coefficient (Wildman–Crippen LogP) is 16.4. The zero-order chi connectivity index (χ0) is 42.3. The molecule has 0 saturated carbocycles. The Balaban J connectivity index is 0.984. The van der Waals surface area contributed by atoms with E-state index in [1.807, 2.05) is 18.2 Å². The topological polar surface area (TPSA) is 41.1 Å². The number of furan rings is 2. The van der Waals surface area contributed by atoms with Crippen molar-refractivity contribution in [3.05, 3.63) is 212 Å². The van der Waals surface area contributed by atoms with Gasteiger partial charge in [-0.3, -0.25) is 0 Å². The van der Waals surface area contributed by atoms with Crippen molar-refractivity contribution in [3.63, 3.8) is 0 Å². The third-order valence-electron chi connectivity index (χ3n) is 13.8. The van der Waals surface area contributed by atoms with E-state index < -0.39 is 0 Å². The predicted molar refractivity (Wildman–Crippen MR) is 269 cm³/mol. The highest BCUT2D eigenvalue weighted by Gasteiger charge is 2.21. The first-order valence-corrected chi connectivity index (χ1v) is 22.2. The van der Waals surface area contributed by atoms with E-state index in [1.165, 1.54) is 54.4 Å². The average molecular weight is 830 g/mol. The molecule has 5 heteroatoms. The van der Waals surface area contributed by atoms with Gasteiger partial charge in [0.05, 0.1) is 33.1 Å². The van der Waals surface area contributed by atoms with Gasteiger partial charge >= 0.3 is 0 Å². The Morgan fingerprint density at radius 2 is 0.646 bits per heavy atom. The zero-order valence-corrected chi connectivity index (χ0v) is 34.9. The van der Waals surface area contributed by atoms with E-state index in [-0.39, 0.29) is 0 Å². The van der Waals surface area contributed by atoms with E-state index in [2.05, 4.69) is 208 Å². The first-order chi connectivity index (χ1) is 32.2. The lowest BCUT2D eigenvalue weighted by Gasteiger charge is -2.11. The summed E-state index contributed by atoms with van der Waals surface area (Å²) >= 11 is 0. The summed E-state index contributed by atoms with van der Waals surface area (Å²) in [6.07, 6.45) is 0. The first kappa shape index (κ1) is 34.7. The smallest absolute Gasteiger partial charge is 0.143 e. The fraction of sp³-hybridized carbons (Fsp3) is 0. The van der Waals surface area contributed by atoms with E-state index in [0.717, 1.165) is 83.1 Å². The van der Waals surface area contributed by atoms with Crippen LogP contribution in [0.5, 0.6) is 0 Å². The Bertz CT molecular complexity index is 4220. The maximum atomic E-state index is 6.83. The molecule has 0 aliphatic heterocycles. The minimum Gasteiger partial charge on any atom is -0.456 e. The molecule has 0 aliphatic carbocycles. The minimum absolute atomic E-state index is 0.850. The van der Waals surface area contributed by atoms with Gasteiger partial charge in [0.1, 0.15) is 22.3 Å². The SMILES string of the molecule is c1ccc2c(c1)oc1cccc(-c3cccc4c3oc3ccc(-n5c6ccc(-n7c8ccccc8c8ccccc87)cc6c6cc(-n7c8ccccc8c8ccccc87)ccc65)cc34)c12. The third-order valence-corrected chi connectivity index (χ3v) is 13.8. The Morgan fingerprint density at radius 1 is 0.246 bits per heavy atom. The molecule has 0 saturated heterocycles. The number of fused-ring (bicyclic) bond motifs is 15. The van der Waals surface area contributed by atoms with Gasteiger partial charge in [0.15, 0.2) is 0 Å². The molecule has 0 bridgehead atoms. The monoisotopic (exact) mass is 829 g/mol. The second-order valence-electron chi connectivity index (χ2n) is 17.2. The highest BCUT2D eigenvalue weighted by atomic mass is 16.3. The van der Waals surface area contributed by atoms with Crippen LogP contribution in [-0.4, -0.2) is 13.7 Å². The molecule has 0 fully saturated rings. The van der Waals surface area contributed by atoms with Crippen LogP contribution in [-0.2, 0) is 0 Å². The fourth-order valence-corrected chi connectivity index (χ4v) is 11.1. The lowest BCUT2D eigenvalue weighted by Crippen LogP contribution is -1.96. The van der Waals surface area contributed by atoms with Gasteiger partial charge in [0.2, 0.25) is 0 Å². The van der Waals surface area contributed by atoms with Gasteiger partial charge in [-0.25, -0.2) is 0 Å². The molecular weight excluding hydrogens is 795 g/mol. The van der Waals surface area contributed by atoms with Gasteiger partial charge in [-0.15, -0.1) is 0 Å². The van der Waals surface area contributed by atoms with Crippen molar-refractivity contribution < 1.29 is 8.83 Å². The quantitative estimate of drug-likeness (QED) is 0.177. The Hall–Kier alpha value is -8.80. The van der Waals surface area contributed by atoms with Crippen LogP contribution in [0.2, 0.25) is 0 Å². The summed E-state index contributed by atoms with van der Waals surface area (Å²) in [5, 5.41) is 11.7. The van der Waals surface area contributed by atoms with Crippen LogP contribution in [0.15, 0.2) is 221 Å². The molecule has 5 aromatic heterocycles. The van der Waals surface area contributed by atoms with Crippen molar-refractivity contribution in [2.75, 3.05) is 0 Å². The molecule has 0 radical (unpaired) electrons. The average Bonchev–Trinajstić information content (AvgIpc) is 4.17. The van der Waals surface area contributed by atoms with Gasteiger partial charge in [-0.1, -0.05) is 121 Å². The van der Waals surface area contributed by atoms with Crippen molar-refractivity contribution in [1.82, 2.24) is 13.7 Å². The van der Waals surface area contributed by atoms with Crippen molar-refractivity contribution >= 4 is 109 Å². The van der Waals surface area contributed by atoms with Crippen LogP contribution in [0.25, 0.3) is 137 Å². The van der Waals surface area contributed by atoms with Gasteiger partial charge < -0.3 is 22.5 Å². The minimum atomic E-state index is 0.850. The van der Waals surface area contributed by atoms with E-state index in [4.69, 9.17) is 8.83 Å². The third kappa shape index (κ3) is 4.76. The van der Waals surface area contributed by atoms with Crippen LogP contribution >= 0.6 is 0 Å². The normalized spacial score (nSPS) is 12.3. The number of hydrogen-bond acceptors (Lipinski definition) is 2. The number of benzene rings is 10. The van der Waals surface area contributed by atoms with Crippen LogP contribution in [0.3, 0.4) is 0 Å². The summed E-state index contributed by atoms with van der Waals surface area (Å²) < 4.78 is 20.4. The number of para-hydroxylation sites is 6. The summed E-state index contributed by atoms with van der Waals surface area (Å²) in [5.41, 5.74) is 16.0. The molecule has 5 heterocycles. The molecule has 0 unspecified atom stereocenters.